The number of hydrogen-bond donors (Lipinski definition) is 3. The Kier molecular flexibility index (Phi) is 8.83. The fourth-order valence-corrected chi connectivity index (χ4v) is 1.82. The molecule has 0 radical (unpaired) electrons. The molecule has 0 atom stereocenters. The first-order valence-electron chi connectivity index (χ1n) is 7.52. The van der Waals surface area contributed by atoms with Crippen LogP contribution in [0.15, 0.2) is 66.7 Å². The number of carboxylic acids is 2. The van der Waals surface area contributed by atoms with Gasteiger partial charge in [0.1, 0.15) is 0 Å². The van der Waals surface area contributed by atoms with Crippen LogP contribution in [0.5, 0.6) is 0 Å². The van der Waals surface area contributed by atoms with Crippen LogP contribution in [0.1, 0.15) is 16.7 Å². The summed E-state index contributed by atoms with van der Waals surface area (Å²) in [4.78, 5) is 19.1. The third-order valence-electron chi connectivity index (χ3n) is 2.91. The molecule has 0 spiro atoms. The molecule has 2 rings (SSSR count). The molecule has 0 fully saturated rings. The Labute approximate surface area is 146 Å². The Balaban J connectivity index is 0.000000333. The van der Waals surface area contributed by atoms with Gasteiger partial charge < -0.3 is 15.9 Å². The summed E-state index contributed by atoms with van der Waals surface area (Å²) in [6, 6.07) is 18.2. The van der Waals surface area contributed by atoms with Gasteiger partial charge in [-0.05, 0) is 36.7 Å². The van der Waals surface area contributed by atoms with E-state index in [-0.39, 0.29) is 0 Å². The molecule has 0 unspecified atom stereocenters. The van der Waals surface area contributed by atoms with Crippen molar-refractivity contribution in [2.45, 2.75) is 6.42 Å². The van der Waals surface area contributed by atoms with Crippen LogP contribution in [0, 0.1) is 11.8 Å². The zero-order chi connectivity index (χ0) is 18.5. The van der Waals surface area contributed by atoms with E-state index in [0.29, 0.717) is 18.7 Å². The van der Waals surface area contributed by atoms with Crippen molar-refractivity contribution in [1.82, 2.24) is 0 Å². The van der Waals surface area contributed by atoms with Crippen LogP contribution in [0.4, 0.5) is 0 Å². The highest BCUT2D eigenvalue weighted by molar-refractivity contribution is 5.89. The minimum Gasteiger partial charge on any atom is -0.478 e. The normalized spacial score (nSPS) is 9.48. The van der Waals surface area contributed by atoms with Crippen molar-refractivity contribution in [2.24, 2.45) is 5.73 Å². The van der Waals surface area contributed by atoms with E-state index in [4.69, 9.17) is 15.9 Å². The van der Waals surface area contributed by atoms with Gasteiger partial charge in [0.25, 0.3) is 0 Å². The monoisotopic (exact) mass is 337 g/mol. The summed E-state index contributed by atoms with van der Waals surface area (Å²) in [5.41, 5.74) is 8.92. The second kappa shape index (κ2) is 11.2. The van der Waals surface area contributed by atoms with Crippen LogP contribution in [0.3, 0.4) is 0 Å². The fraction of sp³-hybridized carbons (Fsp3) is 0.100. The molecule has 25 heavy (non-hydrogen) atoms. The molecule has 0 aliphatic heterocycles. The SMILES string of the molecule is NCCc1ccccc1C#Cc1ccccc1.O=C(O)/C=C/C(=O)O. The number of nitrogens with two attached hydrogens (primary N) is 1. The lowest BCUT2D eigenvalue weighted by atomic mass is 10.0. The molecular weight excluding hydrogens is 318 g/mol. The molecule has 0 bridgehead atoms. The summed E-state index contributed by atoms with van der Waals surface area (Å²) < 4.78 is 0. The van der Waals surface area contributed by atoms with E-state index in [0.717, 1.165) is 17.5 Å². The van der Waals surface area contributed by atoms with E-state index < -0.39 is 11.9 Å². The predicted octanol–water partition coefficient (Wildman–Crippen LogP) is 2.30. The largest absolute Gasteiger partial charge is 0.478 e. The number of hydrogen-bond acceptors (Lipinski definition) is 3. The van der Waals surface area contributed by atoms with Gasteiger partial charge in [-0.3, -0.25) is 0 Å². The van der Waals surface area contributed by atoms with Gasteiger partial charge in [-0.25, -0.2) is 9.59 Å². The van der Waals surface area contributed by atoms with Crippen LogP contribution in [0.2, 0.25) is 0 Å². The summed E-state index contributed by atoms with van der Waals surface area (Å²) in [6.45, 7) is 0.657. The summed E-state index contributed by atoms with van der Waals surface area (Å²) >= 11 is 0. The van der Waals surface area contributed by atoms with E-state index in [1.807, 2.05) is 48.5 Å². The zero-order valence-electron chi connectivity index (χ0n) is 13.6. The smallest absolute Gasteiger partial charge is 0.328 e. The maximum atomic E-state index is 9.55. The summed E-state index contributed by atoms with van der Waals surface area (Å²) in [5, 5.41) is 15.6. The molecule has 0 aliphatic carbocycles. The van der Waals surface area contributed by atoms with Crippen molar-refractivity contribution in [3.8, 4) is 11.8 Å². The molecule has 0 saturated heterocycles. The molecule has 5 nitrogen and oxygen atoms in total. The second-order valence-corrected chi connectivity index (χ2v) is 4.82. The molecule has 0 aromatic heterocycles. The van der Waals surface area contributed by atoms with Crippen molar-refractivity contribution < 1.29 is 19.8 Å². The quantitative estimate of drug-likeness (QED) is 0.587. The Bertz CT molecular complexity index is 770. The van der Waals surface area contributed by atoms with E-state index >= 15 is 0 Å². The van der Waals surface area contributed by atoms with Gasteiger partial charge >= 0.3 is 11.9 Å². The first kappa shape index (κ1) is 19.7. The van der Waals surface area contributed by atoms with E-state index in [2.05, 4.69) is 17.9 Å². The third kappa shape index (κ3) is 8.74. The van der Waals surface area contributed by atoms with Crippen LogP contribution in [-0.4, -0.2) is 28.7 Å². The van der Waals surface area contributed by atoms with Gasteiger partial charge in [-0.1, -0.05) is 48.2 Å². The second-order valence-electron chi connectivity index (χ2n) is 4.82. The van der Waals surface area contributed by atoms with Crippen LogP contribution < -0.4 is 5.73 Å². The number of rotatable bonds is 4. The molecule has 2 aromatic rings. The average Bonchev–Trinajstić information content (AvgIpc) is 2.61. The predicted molar refractivity (Wildman–Crippen MR) is 96.0 cm³/mol. The van der Waals surface area contributed by atoms with Crippen LogP contribution in [0.25, 0.3) is 0 Å². The molecular formula is C20H19NO4. The van der Waals surface area contributed by atoms with Crippen LogP contribution in [-0.2, 0) is 16.0 Å². The average molecular weight is 337 g/mol. The lowest BCUT2D eigenvalue weighted by molar-refractivity contribution is -0.134. The van der Waals surface area contributed by atoms with Crippen molar-refractivity contribution >= 4 is 11.9 Å². The van der Waals surface area contributed by atoms with E-state index in [1.165, 1.54) is 5.56 Å². The summed E-state index contributed by atoms with van der Waals surface area (Å²) in [7, 11) is 0. The number of aliphatic carboxylic acids is 2. The van der Waals surface area contributed by atoms with Crippen molar-refractivity contribution in [1.29, 1.82) is 0 Å². The molecule has 128 valence electrons. The Morgan fingerprint density at radius 1 is 0.880 bits per heavy atom. The lowest BCUT2D eigenvalue weighted by Crippen LogP contribution is -2.04. The molecule has 4 N–H and O–H groups in total. The Hall–Kier alpha value is -3.36. The highest BCUT2D eigenvalue weighted by atomic mass is 16.4. The number of carboxylic acid groups (broad SMARTS) is 2. The van der Waals surface area contributed by atoms with Gasteiger partial charge in [-0.2, -0.15) is 0 Å². The number of benzene rings is 2. The van der Waals surface area contributed by atoms with Gasteiger partial charge in [0.2, 0.25) is 0 Å². The van der Waals surface area contributed by atoms with Crippen molar-refractivity contribution in [2.75, 3.05) is 6.54 Å². The molecule has 0 aliphatic rings. The molecule has 0 amide bonds. The number of carbonyl (C=O) groups is 2. The van der Waals surface area contributed by atoms with Gasteiger partial charge in [0.15, 0.2) is 0 Å². The fourth-order valence-electron chi connectivity index (χ4n) is 1.82. The lowest BCUT2D eigenvalue weighted by Gasteiger charge is -2.01. The Morgan fingerprint density at radius 2 is 1.44 bits per heavy atom. The Morgan fingerprint density at radius 3 is 2.00 bits per heavy atom. The maximum absolute atomic E-state index is 9.55. The van der Waals surface area contributed by atoms with Crippen molar-refractivity contribution in [3.05, 3.63) is 83.4 Å². The summed E-state index contributed by atoms with van der Waals surface area (Å²) in [5.74, 6) is 3.86. The van der Waals surface area contributed by atoms with Crippen molar-refractivity contribution in [3.63, 3.8) is 0 Å². The minimum atomic E-state index is -1.26. The highest BCUT2D eigenvalue weighted by Crippen LogP contribution is 2.08. The standard InChI is InChI=1S/C16H15N.C4H4O4/c17-13-12-16-9-5-4-8-15(16)11-10-14-6-2-1-3-7-14;5-3(6)1-2-4(7)8/h1-9H,12-13,17H2;1-2H,(H,5,6)(H,7,8)/b;2-1+. The zero-order valence-corrected chi connectivity index (χ0v) is 13.6. The molecule has 2 aromatic carbocycles. The summed E-state index contributed by atoms with van der Waals surface area (Å²) in [6.07, 6.45) is 1.99. The molecule has 0 saturated carbocycles. The van der Waals surface area contributed by atoms with Gasteiger partial charge in [0, 0.05) is 23.3 Å². The first-order valence-corrected chi connectivity index (χ1v) is 7.52. The minimum absolute atomic E-state index is 0.558. The first-order chi connectivity index (χ1) is 12.0. The van der Waals surface area contributed by atoms with Gasteiger partial charge in [0.05, 0.1) is 0 Å². The molecule has 0 heterocycles. The molecule has 5 heteroatoms. The third-order valence-corrected chi connectivity index (χ3v) is 2.91. The topological polar surface area (TPSA) is 101 Å². The van der Waals surface area contributed by atoms with Gasteiger partial charge in [-0.15, -0.1) is 0 Å². The van der Waals surface area contributed by atoms with Crippen LogP contribution >= 0.6 is 0 Å². The highest BCUT2D eigenvalue weighted by Gasteiger charge is 1.96. The van der Waals surface area contributed by atoms with E-state index in [1.54, 1.807) is 0 Å². The van der Waals surface area contributed by atoms with E-state index in [9.17, 15) is 9.59 Å². The maximum Gasteiger partial charge on any atom is 0.328 e.